The summed E-state index contributed by atoms with van der Waals surface area (Å²) in [5, 5.41) is 29.8. The Morgan fingerprint density at radius 1 is 1.39 bits per heavy atom. The van der Waals surface area contributed by atoms with Gasteiger partial charge in [0.05, 0.1) is 22.8 Å². The number of aliphatic hydroxyl groups excluding tert-OH is 2. The van der Waals surface area contributed by atoms with E-state index < -0.39 is 17.1 Å². The Kier molecular flexibility index (Phi) is 3.56. The number of aliphatic hydroxyl groups is 2. The summed E-state index contributed by atoms with van der Waals surface area (Å²) in [4.78, 5) is 12.2. The van der Waals surface area contributed by atoms with Crippen LogP contribution >= 0.6 is 15.9 Å². The van der Waals surface area contributed by atoms with E-state index in [1.165, 1.54) is 6.07 Å². The zero-order chi connectivity index (χ0) is 13.4. The molecule has 0 saturated carbocycles. The lowest BCUT2D eigenvalue weighted by atomic mass is 10.1. The Hall–Kier alpha value is -1.18. The van der Waals surface area contributed by atoms with E-state index in [0.29, 0.717) is 23.1 Å². The fourth-order valence-electron chi connectivity index (χ4n) is 2.06. The van der Waals surface area contributed by atoms with E-state index in [9.17, 15) is 20.3 Å². The van der Waals surface area contributed by atoms with Gasteiger partial charge in [0.1, 0.15) is 0 Å². The van der Waals surface area contributed by atoms with Crippen LogP contribution in [-0.4, -0.2) is 40.4 Å². The van der Waals surface area contributed by atoms with E-state index in [1.54, 1.807) is 17.9 Å². The summed E-state index contributed by atoms with van der Waals surface area (Å²) in [5.41, 5.74) is 1.34. The normalized spacial score (nSPS) is 23.4. The monoisotopic (exact) mass is 316 g/mol. The predicted octanol–water partition coefficient (Wildman–Crippen LogP) is 1.21. The van der Waals surface area contributed by atoms with Crippen molar-refractivity contribution >= 4 is 27.3 Å². The van der Waals surface area contributed by atoms with Gasteiger partial charge in [0.15, 0.2) is 0 Å². The molecule has 1 aliphatic heterocycles. The summed E-state index contributed by atoms with van der Waals surface area (Å²) < 4.78 is 0.584. The van der Waals surface area contributed by atoms with E-state index in [2.05, 4.69) is 15.9 Å². The molecule has 2 atom stereocenters. The molecule has 0 spiro atoms. The quantitative estimate of drug-likeness (QED) is 0.632. The van der Waals surface area contributed by atoms with Gasteiger partial charge in [-0.3, -0.25) is 10.1 Å². The molecule has 0 radical (unpaired) electrons. The highest BCUT2D eigenvalue weighted by molar-refractivity contribution is 9.10. The van der Waals surface area contributed by atoms with Crippen molar-refractivity contribution in [3.05, 3.63) is 32.3 Å². The number of nitro benzene ring substituents is 1. The van der Waals surface area contributed by atoms with E-state index in [-0.39, 0.29) is 5.69 Å². The van der Waals surface area contributed by atoms with Crippen LogP contribution in [0.1, 0.15) is 5.56 Å². The van der Waals surface area contributed by atoms with Crippen LogP contribution in [-0.2, 0) is 0 Å². The zero-order valence-electron chi connectivity index (χ0n) is 9.71. The summed E-state index contributed by atoms with van der Waals surface area (Å²) in [6.07, 6.45) is -1.57. The number of anilines is 1. The molecule has 2 unspecified atom stereocenters. The summed E-state index contributed by atoms with van der Waals surface area (Å²) in [7, 11) is 0. The molecule has 6 nitrogen and oxygen atoms in total. The summed E-state index contributed by atoms with van der Waals surface area (Å²) in [6, 6.07) is 3.13. The number of nitro groups is 1. The Bertz CT molecular complexity index is 484. The molecule has 2 rings (SSSR count). The lowest BCUT2D eigenvalue weighted by molar-refractivity contribution is -0.385. The average Bonchev–Trinajstić information content (AvgIpc) is 2.61. The van der Waals surface area contributed by atoms with Gasteiger partial charge in [-0.05, 0) is 28.9 Å². The number of halogens is 1. The van der Waals surface area contributed by atoms with Crippen molar-refractivity contribution in [2.45, 2.75) is 19.1 Å². The first kappa shape index (κ1) is 13.3. The van der Waals surface area contributed by atoms with Gasteiger partial charge in [0.2, 0.25) is 0 Å². The van der Waals surface area contributed by atoms with Crippen molar-refractivity contribution in [1.82, 2.24) is 0 Å². The van der Waals surface area contributed by atoms with Crippen molar-refractivity contribution in [2.75, 3.05) is 18.0 Å². The van der Waals surface area contributed by atoms with Crippen molar-refractivity contribution < 1.29 is 15.1 Å². The first-order valence-electron chi connectivity index (χ1n) is 5.45. The third-order valence-electron chi connectivity index (χ3n) is 3.06. The molecule has 1 aromatic rings. The van der Waals surface area contributed by atoms with Gasteiger partial charge >= 0.3 is 0 Å². The Balaban J connectivity index is 2.36. The molecular weight excluding hydrogens is 304 g/mol. The molecular formula is C11H13BrN2O4. The van der Waals surface area contributed by atoms with E-state index in [4.69, 9.17) is 0 Å². The van der Waals surface area contributed by atoms with Crippen LogP contribution in [0.4, 0.5) is 11.4 Å². The topological polar surface area (TPSA) is 86.8 Å². The van der Waals surface area contributed by atoms with Gasteiger partial charge in [0, 0.05) is 29.2 Å². The van der Waals surface area contributed by atoms with Crippen LogP contribution < -0.4 is 4.90 Å². The largest absolute Gasteiger partial charge is 0.389 e. The van der Waals surface area contributed by atoms with Crippen LogP contribution in [0.3, 0.4) is 0 Å². The fraction of sp³-hybridized carbons (Fsp3) is 0.455. The summed E-state index contributed by atoms with van der Waals surface area (Å²) >= 11 is 3.29. The minimum atomic E-state index is -0.785. The number of rotatable bonds is 2. The average molecular weight is 317 g/mol. The van der Waals surface area contributed by atoms with Crippen LogP contribution in [0.5, 0.6) is 0 Å². The smallest absolute Gasteiger partial charge is 0.273 e. The second-order valence-corrected chi connectivity index (χ2v) is 5.24. The van der Waals surface area contributed by atoms with Gasteiger partial charge in [0.25, 0.3) is 5.69 Å². The fourth-order valence-corrected chi connectivity index (χ4v) is 2.64. The van der Waals surface area contributed by atoms with E-state index >= 15 is 0 Å². The Morgan fingerprint density at radius 2 is 1.94 bits per heavy atom. The van der Waals surface area contributed by atoms with Gasteiger partial charge in [-0.15, -0.1) is 0 Å². The molecule has 1 aromatic carbocycles. The molecule has 1 fully saturated rings. The maximum absolute atomic E-state index is 10.8. The summed E-state index contributed by atoms with van der Waals surface area (Å²) in [5.74, 6) is 0. The highest BCUT2D eigenvalue weighted by Crippen LogP contribution is 2.34. The molecule has 18 heavy (non-hydrogen) atoms. The Morgan fingerprint density at radius 3 is 2.44 bits per heavy atom. The molecule has 98 valence electrons. The third kappa shape index (κ3) is 2.33. The van der Waals surface area contributed by atoms with Crippen LogP contribution in [0.2, 0.25) is 0 Å². The number of nitrogens with zero attached hydrogens (tertiary/aromatic N) is 2. The molecule has 1 aliphatic rings. The number of hydrogen-bond donors (Lipinski definition) is 2. The molecule has 0 bridgehead atoms. The number of hydrogen-bond acceptors (Lipinski definition) is 5. The highest BCUT2D eigenvalue weighted by atomic mass is 79.9. The summed E-state index contributed by atoms with van der Waals surface area (Å²) in [6.45, 7) is 2.30. The lowest BCUT2D eigenvalue weighted by Gasteiger charge is -2.19. The van der Waals surface area contributed by atoms with E-state index in [0.717, 1.165) is 5.69 Å². The first-order valence-corrected chi connectivity index (χ1v) is 6.25. The van der Waals surface area contributed by atoms with Gasteiger partial charge in [-0.2, -0.15) is 0 Å². The van der Waals surface area contributed by atoms with Crippen molar-refractivity contribution in [3.63, 3.8) is 0 Å². The highest BCUT2D eigenvalue weighted by Gasteiger charge is 2.31. The van der Waals surface area contributed by atoms with E-state index in [1.807, 2.05) is 0 Å². The zero-order valence-corrected chi connectivity index (χ0v) is 11.3. The molecule has 7 heteroatoms. The molecule has 0 aliphatic carbocycles. The van der Waals surface area contributed by atoms with Gasteiger partial charge < -0.3 is 15.1 Å². The molecule has 1 saturated heterocycles. The van der Waals surface area contributed by atoms with Crippen molar-refractivity contribution in [3.8, 4) is 0 Å². The third-order valence-corrected chi connectivity index (χ3v) is 3.70. The maximum atomic E-state index is 10.8. The van der Waals surface area contributed by atoms with Crippen molar-refractivity contribution in [1.29, 1.82) is 0 Å². The molecule has 2 N–H and O–H groups in total. The molecule has 1 heterocycles. The number of benzene rings is 1. The van der Waals surface area contributed by atoms with Gasteiger partial charge in [-0.1, -0.05) is 0 Å². The maximum Gasteiger partial charge on any atom is 0.273 e. The Labute approximate surface area is 112 Å². The van der Waals surface area contributed by atoms with Crippen molar-refractivity contribution in [2.24, 2.45) is 0 Å². The second kappa shape index (κ2) is 4.83. The van der Waals surface area contributed by atoms with Crippen LogP contribution in [0.15, 0.2) is 16.6 Å². The molecule has 0 aromatic heterocycles. The minimum Gasteiger partial charge on any atom is -0.389 e. The SMILES string of the molecule is Cc1cc(N2CC(O)C(O)C2)c(Br)cc1[N+](=O)[O-]. The van der Waals surface area contributed by atoms with Gasteiger partial charge in [-0.25, -0.2) is 0 Å². The first-order chi connectivity index (χ1) is 8.40. The minimum absolute atomic E-state index is 0.0471. The molecule has 0 amide bonds. The van der Waals surface area contributed by atoms with Crippen LogP contribution in [0.25, 0.3) is 0 Å². The standard InChI is InChI=1S/C11H13BrN2O4/c1-6-2-9(7(12)3-8(6)14(17)18)13-4-10(15)11(16)5-13/h2-3,10-11,15-16H,4-5H2,1H3. The van der Waals surface area contributed by atoms with Crippen LogP contribution in [0, 0.1) is 17.0 Å². The predicted molar refractivity (Wildman–Crippen MR) is 69.8 cm³/mol. The lowest BCUT2D eigenvalue weighted by Crippen LogP contribution is -2.22. The number of aryl methyl sites for hydroxylation is 1. The number of β-amino-alcohol motifs (C(OH)–C–C–N with tert-alkyl or cyclic N) is 2. The second-order valence-electron chi connectivity index (χ2n) is 4.39.